The number of piperidine rings is 1. The largest absolute Gasteiger partial charge is 0.356 e. The zero-order chi connectivity index (χ0) is 14.1. The van der Waals surface area contributed by atoms with Gasteiger partial charge in [0.05, 0.1) is 0 Å². The highest BCUT2D eigenvalue weighted by Crippen LogP contribution is 2.32. The summed E-state index contributed by atoms with van der Waals surface area (Å²) in [7, 11) is 0. The summed E-state index contributed by atoms with van der Waals surface area (Å²) < 4.78 is 1.13. The molecule has 2 heterocycles. The SMILES string of the molecule is CC(Cl)C1CCN(c2nccc3c(Br)cccc23)CC1. The second-order valence-electron chi connectivity index (χ2n) is 5.47. The van der Waals surface area contributed by atoms with Gasteiger partial charge in [-0.1, -0.05) is 28.1 Å². The molecule has 0 spiro atoms. The maximum atomic E-state index is 6.23. The van der Waals surface area contributed by atoms with Crippen LogP contribution in [0.15, 0.2) is 34.9 Å². The number of hydrogen-bond acceptors (Lipinski definition) is 2. The van der Waals surface area contributed by atoms with Crippen molar-refractivity contribution in [2.75, 3.05) is 18.0 Å². The number of aromatic nitrogens is 1. The Morgan fingerprint density at radius 1 is 1.25 bits per heavy atom. The molecule has 0 N–H and O–H groups in total. The van der Waals surface area contributed by atoms with Crippen molar-refractivity contribution in [3.05, 3.63) is 34.9 Å². The molecular formula is C16H18BrClN2. The third-order valence-corrected chi connectivity index (χ3v) is 5.27. The van der Waals surface area contributed by atoms with E-state index in [0.29, 0.717) is 5.92 Å². The van der Waals surface area contributed by atoms with Crippen LogP contribution in [-0.2, 0) is 0 Å². The van der Waals surface area contributed by atoms with E-state index in [-0.39, 0.29) is 5.38 Å². The molecule has 1 fully saturated rings. The van der Waals surface area contributed by atoms with Crippen molar-refractivity contribution in [3.63, 3.8) is 0 Å². The van der Waals surface area contributed by atoms with Crippen LogP contribution < -0.4 is 4.90 Å². The average Bonchev–Trinajstić information content (AvgIpc) is 2.47. The lowest BCUT2D eigenvalue weighted by molar-refractivity contribution is 0.399. The molecule has 3 rings (SSSR count). The van der Waals surface area contributed by atoms with Gasteiger partial charge in [-0.3, -0.25) is 0 Å². The molecule has 106 valence electrons. The molecule has 20 heavy (non-hydrogen) atoms. The van der Waals surface area contributed by atoms with Gasteiger partial charge in [-0.25, -0.2) is 4.98 Å². The fraction of sp³-hybridized carbons (Fsp3) is 0.438. The van der Waals surface area contributed by atoms with Gasteiger partial charge in [-0.2, -0.15) is 0 Å². The predicted octanol–water partition coefficient (Wildman–Crippen LogP) is 4.84. The Morgan fingerprint density at radius 2 is 2.00 bits per heavy atom. The van der Waals surface area contributed by atoms with Crippen molar-refractivity contribution >= 4 is 44.1 Å². The summed E-state index contributed by atoms with van der Waals surface area (Å²) in [6.07, 6.45) is 4.20. The van der Waals surface area contributed by atoms with Crippen LogP contribution in [0.25, 0.3) is 10.8 Å². The van der Waals surface area contributed by atoms with Crippen molar-refractivity contribution in [1.29, 1.82) is 0 Å². The van der Waals surface area contributed by atoms with Gasteiger partial charge in [0.1, 0.15) is 5.82 Å². The lowest BCUT2D eigenvalue weighted by Gasteiger charge is -2.34. The summed E-state index contributed by atoms with van der Waals surface area (Å²) in [5.74, 6) is 1.74. The van der Waals surface area contributed by atoms with Gasteiger partial charge in [0.15, 0.2) is 0 Å². The minimum Gasteiger partial charge on any atom is -0.356 e. The molecule has 0 bridgehead atoms. The lowest BCUT2D eigenvalue weighted by Crippen LogP contribution is -2.36. The third-order valence-electron chi connectivity index (χ3n) is 4.22. The fourth-order valence-corrected chi connectivity index (χ4v) is 3.73. The predicted molar refractivity (Wildman–Crippen MR) is 89.7 cm³/mol. The van der Waals surface area contributed by atoms with Crippen molar-refractivity contribution in [2.45, 2.75) is 25.1 Å². The highest BCUT2D eigenvalue weighted by Gasteiger charge is 2.24. The third kappa shape index (κ3) is 2.66. The highest BCUT2D eigenvalue weighted by molar-refractivity contribution is 9.10. The maximum absolute atomic E-state index is 6.23. The second kappa shape index (κ2) is 5.90. The molecule has 1 atom stereocenters. The van der Waals surface area contributed by atoms with E-state index >= 15 is 0 Å². The van der Waals surface area contributed by atoms with E-state index in [4.69, 9.17) is 11.6 Å². The molecule has 2 aromatic rings. The smallest absolute Gasteiger partial charge is 0.136 e. The van der Waals surface area contributed by atoms with Crippen LogP contribution in [0.3, 0.4) is 0 Å². The maximum Gasteiger partial charge on any atom is 0.136 e. The summed E-state index contributed by atoms with van der Waals surface area (Å²) in [6.45, 7) is 4.19. The quantitative estimate of drug-likeness (QED) is 0.718. The van der Waals surface area contributed by atoms with Gasteiger partial charge in [-0.05, 0) is 37.8 Å². The van der Waals surface area contributed by atoms with E-state index < -0.39 is 0 Å². The summed E-state index contributed by atoms with van der Waals surface area (Å²) in [4.78, 5) is 7.01. The first kappa shape index (κ1) is 14.2. The molecule has 1 aromatic carbocycles. The molecule has 0 radical (unpaired) electrons. The summed E-state index contributed by atoms with van der Waals surface area (Å²) in [5, 5.41) is 2.72. The van der Waals surface area contributed by atoms with E-state index in [1.54, 1.807) is 0 Å². The Kier molecular flexibility index (Phi) is 4.18. The van der Waals surface area contributed by atoms with E-state index in [2.05, 4.69) is 57.0 Å². The summed E-state index contributed by atoms with van der Waals surface area (Å²) >= 11 is 9.85. The van der Waals surface area contributed by atoms with E-state index in [9.17, 15) is 0 Å². The minimum atomic E-state index is 0.270. The second-order valence-corrected chi connectivity index (χ2v) is 7.01. The van der Waals surface area contributed by atoms with Gasteiger partial charge in [0.25, 0.3) is 0 Å². The van der Waals surface area contributed by atoms with Gasteiger partial charge in [-0.15, -0.1) is 11.6 Å². The molecule has 1 saturated heterocycles. The Hall–Kier alpha value is -0.800. The standard InChI is InChI=1S/C16H18BrClN2/c1-11(18)12-6-9-20(10-7-12)16-14-3-2-4-15(17)13(14)5-8-19-16/h2-5,8,11-12H,6-7,9-10H2,1H3. The number of alkyl halides is 1. The monoisotopic (exact) mass is 352 g/mol. The normalized spacial score (nSPS) is 18.4. The molecule has 4 heteroatoms. The van der Waals surface area contributed by atoms with E-state index in [0.717, 1.165) is 36.2 Å². The molecular weight excluding hydrogens is 336 g/mol. The number of benzene rings is 1. The number of pyridine rings is 1. The van der Waals surface area contributed by atoms with Crippen LogP contribution in [0.2, 0.25) is 0 Å². The van der Waals surface area contributed by atoms with Gasteiger partial charge in [0, 0.05) is 39.9 Å². The van der Waals surface area contributed by atoms with E-state index in [1.807, 2.05) is 6.20 Å². The van der Waals surface area contributed by atoms with Crippen molar-refractivity contribution < 1.29 is 0 Å². The first-order valence-corrected chi connectivity index (χ1v) is 8.32. The molecule has 0 saturated carbocycles. The Bertz CT molecular complexity index is 606. The van der Waals surface area contributed by atoms with Gasteiger partial charge < -0.3 is 4.90 Å². The highest BCUT2D eigenvalue weighted by atomic mass is 79.9. The summed E-state index contributed by atoms with van der Waals surface area (Å²) in [6, 6.07) is 8.37. The number of fused-ring (bicyclic) bond motifs is 1. The van der Waals surface area contributed by atoms with Crippen molar-refractivity contribution in [1.82, 2.24) is 4.98 Å². The topological polar surface area (TPSA) is 16.1 Å². The van der Waals surface area contributed by atoms with Gasteiger partial charge in [0.2, 0.25) is 0 Å². The minimum absolute atomic E-state index is 0.270. The van der Waals surface area contributed by atoms with Crippen LogP contribution in [0, 0.1) is 5.92 Å². The Balaban J connectivity index is 1.90. The van der Waals surface area contributed by atoms with Crippen molar-refractivity contribution in [3.8, 4) is 0 Å². The molecule has 1 aromatic heterocycles. The Morgan fingerprint density at radius 3 is 2.70 bits per heavy atom. The molecule has 1 unspecified atom stereocenters. The van der Waals surface area contributed by atoms with Crippen molar-refractivity contribution in [2.24, 2.45) is 5.92 Å². The first-order chi connectivity index (χ1) is 9.66. The molecule has 2 nitrogen and oxygen atoms in total. The Labute approximate surface area is 133 Å². The average molecular weight is 354 g/mol. The van der Waals surface area contributed by atoms with Crippen LogP contribution in [-0.4, -0.2) is 23.5 Å². The molecule has 1 aliphatic rings. The molecule has 0 aliphatic carbocycles. The van der Waals surface area contributed by atoms with Crippen LogP contribution in [0.1, 0.15) is 19.8 Å². The number of hydrogen-bond donors (Lipinski definition) is 0. The van der Waals surface area contributed by atoms with Crippen LogP contribution >= 0.6 is 27.5 Å². The number of halogens is 2. The number of nitrogens with zero attached hydrogens (tertiary/aromatic N) is 2. The van der Waals surface area contributed by atoms with Crippen LogP contribution in [0.4, 0.5) is 5.82 Å². The molecule has 1 aliphatic heterocycles. The van der Waals surface area contributed by atoms with Gasteiger partial charge >= 0.3 is 0 Å². The zero-order valence-electron chi connectivity index (χ0n) is 11.5. The summed E-state index contributed by atoms with van der Waals surface area (Å²) in [5.41, 5.74) is 0. The fourth-order valence-electron chi connectivity index (χ4n) is 2.98. The number of rotatable bonds is 2. The lowest BCUT2D eigenvalue weighted by atomic mass is 9.94. The molecule has 0 amide bonds. The number of anilines is 1. The van der Waals surface area contributed by atoms with E-state index in [1.165, 1.54) is 10.8 Å². The zero-order valence-corrected chi connectivity index (χ0v) is 13.9. The van der Waals surface area contributed by atoms with Crippen LogP contribution in [0.5, 0.6) is 0 Å². The first-order valence-electron chi connectivity index (χ1n) is 7.09.